The number of fused-ring (bicyclic) bond motifs is 5. The number of imidazole rings is 1. The minimum Gasteiger partial charge on any atom is -0.458 e. The topological polar surface area (TPSA) is 159 Å². The lowest BCUT2D eigenvalue weighted by molar-refractivity contribution is -0.184. The van der Waals surface area contributed by atoms with Crippen LogP contribution in [0.1, 0.15) is 77.3 Å². The molecule has 1 aromatic heterocycles. The summed E-state index contributed by atoms with van der Waals surface area (Å²) in [5, 5.41) is 26.0. The Labute approximate surface area is 234 Å². The second-order valence-electron chi connectivity index (χ2n) is 12.7. The molecule has 10 nitrogen and oxygen atoms in total. The molecule has 0 aromatic carbocycles. The Kier molecular flexibility index (Phi) is 7.78. The molecule has 7 atom stereocenters. The number of aromatic nitrogens is 2. The van der Waals surface area contributed by atoms with E-state index in [0.717, 1.165) is 30.5 Å². The normalized spacial score (nSPS) is 36.6. The number of amides is 1. The molecule has 4 N–H and O–H groups in total. The van der Waals surface area contributed by atoms with E-state index in [9.17, 15) is 29.4 Å². The van der Waals surface area contributed by atoms with E-state index in [4.69, 9.17) is 4.74 Å². The molecule has 1 aromatic rings. The number of esters is 1. The maximum atomic E-state index is 13.4. The smallest absolute Gasteiger partial charge is 0.306 e. The maximum absolute atomic E-state index is 13.4. The summed E-state index contributed by atoms with van der Waals surface area (Å²) < 4.78 is 5.21. The van der Waals surface area contributed by atoms with Gasteiger partial charge in [0.15, 0.2) is 12.4 Å². The number of ether oxygens (including phenoxy) is 1. The minimum absolute atomic E-state index is 0.0143. The van der Waals surface area contributed by atoms with Crippen molar-refractivity contribution >= 4 is 23.4 Å². The summed E-state index contributed by atoms with van der Waals surface area (Å²) in [5.41, 5.74) is -0.759. The van der Waals surface area contributed by atoms with Crippen molar-refractivity contribution in [1.29, 1.82) is 0 Å². The van der Waals surface area contributed by atoms with Crippen LogP contribution in [0, 0.1) is 28.6 Å². The van der Waals surface area contributed by atoms with E-state index in [-0.39, 0.29) is 60.5 Å². The van der Waals surface area contributed by atoms with Crippen LogP contribution in [-0.4, -0.2) is 68.5 Å². The van der Waals surface area contributed by atoms with E-state index >= 15 is 0 Å². The van der Waals surface area contributed by atoms with Gasteiger partial charge < -0.3 is 25.3 Å². The number of allylic oxidation sites excluding steroid dienone is 1. The van der Waals surface area contributed by atoms with Crippen molar-refractivity contribution in [2.45, 2.75) is 89.8 Å². The summed E-state index contributed by atoms with van der Waals surface area (Å²) >= 11 is 0. The van der Waals surface area contributed by atoms with Gasteiger partial charge in [-0.2, -0.15) is 0 Å². The molecule has 0 radical (unpaired) electrons. The average molecular weight is 556 g/mol. The van der Waals surface area contributed by atoms with Gasteiger partial charge in [-0.25, -0.2) is 4.98 Å². The van der Waals surface area contributed by atoms with Crippen LogP contribution in [0.15, 0.2) is 24.2 Å². The number of aliphatic hydroxyl groups is 2. The van der Waals surface area contributed by atoms with Gasteiger partial charge in [0.2, 0.25) is 11.7 Å². The Hall–Kier alpha value is -2.85. The van der Waals surface area contributed by atoms with Gasteiger partial charge in [0, 0.05) is 43.1 Å². The molecule has 0 bridgehead atoms. The van der Waals surface area contributed by atoms with Crippen molar-refractivity contribution in [3.05, 3.63) is 29.9 Å². The monoisotopic (exact) mass is 555 g/mol. The highest BCUT2D eigenvalue weighted by molar-refractivity contribution is 5.92. The lowest BCUT2D eigenvalue weighted by atomic mass is 9.45. The van der Waals surface area contributed by atoms with Crippen LogP contribution in [0.4, 0.5) is 0 Å². The zero-order valence-electron chi connectivity index (χ0n) is 23.4. The molecule has 3 saturated carbocycles. The van der Waals surface area contributed by atoms with Gasteiger partial charge in [-0.05, 0) is 67.8 Å². The molecule has 40 heavy (non-hydrogen) atoms. The number of ketones is 2. The molecule has 4 aliphatic rings. The molecule has 4 aliphatic carbocycles. The number of Topliss-reactive ketones (excluding diaryl/α,β-unsaturated/α-hetero) is 1. The first-order valence-electron chi connectivity index (χ1n) is 14.5. The summed E-state index contributed by atoms with van der Waals surface area (Å²) in [6, 6.07) is 0. The highest BCUT2D eigenvalue weighted by Gasteiger charge is 2.68. The Morgan fingerprint density at radius 1 is 1.18 bits per heavy atom. The molecule has 4 unspecified atom stereocenters. The van der Waals surface area contributed by atoms with E-state index in [0.29, 0.717) is 25.8 Å². The lowest BCUT2D eigenvalue weighted by Crippen LogP contribution is -2.62. The standard InChI is InChI=1S/C30H41N3O7/c1-28-10-7-20(34)13-18(28)3-4-21-22-8-11-30(39,29(22,2)14-23(35)27(21)28)24(36)16-40-26(38)6-5-25(37)32-12-9-19-15-31-17-33-19/h13,15,17,21-23,27,35,39H,3-12,14,16H2,1-2H3,(H,31,33)(H,32,37)/t21?,22?,23?,27?,28-,29-,30-/m0/s1. The molecule has 1 amide bonds. The summed E-state index contributed by atoms with van der Waals surface area (Å²) in [5.74, 6) is -1.18. The highest BCUT2D eigenvalue weighted by Crippen LogP contribution is 2.67. The molecule has 1 heterocycles. The molecular formula is C30H41N3O7. The number of carbonyl (C=O) groups excluding carboxylic acids is 4. The lowest BCUT2D eigenvalue weighted by Gasteiger charge is -2.60. The molecule has 0 saturated heterocycles. The molecule has 3 fully saturated rings. The third-order valence-electron chi connectivity index (χ3n) is 10.7. The summed E-state index contributed by atoms with van der Waals surface area (Å²) in [4.78, 5) is 56.7. The van der Waals surface area contributed by atoms with Crippen molar-refractivity contribution < 1.29 is 34.1 Å². The van der Waals surface area contributed by atoms with Gasteiger partial charge >= 0.3 is 5.97 Å². The third kappa shape index (κ3) is 4.93. The number of H-pyrrole nitrogens is 1. The maximum Gasteiger partial charge on any atom is 0.306 e. The van der Waals surface area contributed by atoms with Gasteiger partial charge in [-0.3, -0.25) is 19.2 Å². The SMILES string of the molecule is C[C@]12CCC(=O)C=C1CCC1C2C(O)C[C@@]2(C)C1CC[C@]2(O)C(=O)COC(=O)CCC(=O)NCCc1cnc[nH]1. The Morgan fingerprint density at radius 3 is 2.73 bits per heavy atom. The zero-order chi connectivity index (χ0) is 28.7. The van der Waals surface area contributed by atoms with E-state index in [1.165, 1.54) is 0 Å². The van der Waals surface area contributed by atoms with E-state index in [1.807, 2.05) is 6.92 Å². The number of hydrogen-bond acceptors (Lipinski definition) is 8. The van der Waals surface area contributed by atoms with Crippen molar-refractivity contribution in [1.82, 2.24) is 15.3 Å². The van der Waals surface area contributed by atoms with Crippen LogP contribution in [-0.2, 0) is 30.3 Å². The van der Waals surface area contributed by atoms with Crippen LogP contribution in [0.5, 0.6) is 0 Å². The quantitative estimate of drug-likeness (QED) is 0.338. The molecule has 0 aliphatic heterocycles. The van der Waals surface area contributed by atoms with Gasteiger partial charge in [0.25, 0.3) is 0 Å². The largest absolute Gasteiger partial charge is 0.458 e. The van der Waals surface area contributed by atoms with Crippen molar-refractivity contribution in [3.8, 4) is 0 Å². The molecule has 5 rings (SSSR count). The van der Waals surface area contributed by atoms with Gasteiger partial charge in [0.05, 0.1) is 18.9 Å². The van der Waals surface area contributed by atoms with Crippen molar-refractivity contribution in [3.63, 3.8) is 0 Å². The Balaban J connectivity index is 1.16. The van der Waals surface area contributed by atoms with Crippen molar-refractivity contribution in [2.75, 3.05) is 13.2 Å². The van der Waals surface area contributed by atoms with Crippen molar-refractivity contribution in [2.24, 2.45) is 28.6 Å². The fraction of sp³-hybridized carbons (Fsp3) is 0.700. The second-order valence-corrected chi connectivity index (χ2v) is 12.7. The Bertz CT molecular complexity index is 1200. The second kappa shape index (κ2) is 10.9. The number of nitrogens with one attached hydrogen (secondary N) is 2. The number of aliphatic hydroxyl groups excluding tert-OH is 1. The first-order valence-corrected chi connectivity index (χ1v) is 14.5. The first-order chi connectivity index (χ1) is 19.0. The van der Waals surface area contributed by atoms with Crippen LogP contribution in [0.25, 0.3) is 0 Å². The highest BCUT2D eigenvalue weighted by atomic mass is 16.5. The predicted octanol–water partition coefficient (Wildman–Crippen LogP) is 2.19. The molecule has 0 spiro atoms. The number of carbonyl (C=O) groups is 4. The van der Waals surface area contributed by atoms with Crippen LogP contribution >= 0.6 is 0 Å². The third-order valence-corrected chi connectivity index (χ3v) is 10.7. The van der Waals surface area contributed by atoms with E-state index < -0.39 is 35.5 Å². The van der Waals surface area contributed by atoms with Gasteiger partial charge in [-0.15, -0.1) is 0 Å². The molecule has 218 valence electrons. The minimum atomic E-state index is -1.70. The fourth-order valence-electron chi connectivity index (χ4n) is 8.55. The van der Waals surface area contributed by atoms with Gasteiger partial charge in [0.1, 0.15) is 5.60 Å². The van der Waals surface area contributed by atoms with Crippen LogP contribution in [0.2, 0.25) is 0 Å². The van der Waals surface area contributed by atoms with Crippen LogP contribution < -0.4 is 5.32 Å². The summed E-state index contributed by atoms with van der Waals surface area (Å²) in [6.07, 6.45) is 8.71. The first kappa shape index (κ1) is 28.7. The predicted molar refractivity (Wildman–Crippen MR) is 144 cm³/mol. The fourth-order valence-corrected chi connectivity index (χ4v) is 8.55. The summed E-state index contributed by atoms with van der Waals surface area (Å²) in [7, 11) is 0. The van der Waals surface area contributed by atoms with Gasteiger partial charge in [-0.1, -0.05) is 19.4 Å². The van der Waals surface area contributed by atoms with E-state index in [1.54, 1.807) is 18.6 Å². The molecular weight excluding hydrogens is 514 g/mol. The number of aromatic amines is 1. The Morgan fingerprint density at radius 2 is 1.98 bits per heavy atom. The number of nitrogens with zero attached hydrogens (tertiary/aromatic N) is 1. The molecule has 10 heteroatoms. The summed E-state index contributed by atoms with van der Waals surface area (Å²) in [6.45, 7) is 3.91. The van der Waals surface area contributed by atoms with E-state index in [2.05, 4.69) is 22.2 Å². The van der Waals surface area contributed by atoms with Crippen LogP contribution in [0.3, 0.4) is 0 Å². The number of hydrogen-bond donors (Lipinski definition) is 4. The zero-order valence-corrected chi connectivity index (χ0v) is 23.4. The number of rotatable bonds is 9. The average Bonchev–Trinajstić information content (AvgIpc) is 3.52.